The van der Waals surface area contributed by atoms with Gasteiger partial charge in [-0.15, -0.1) is 11.4 Å². The number of aliphatic hydroxyl groups excluding tert-OH is 1. The Labute approximate surface area is 201 Å². The average molecular weight is 609 g/mol. The summed E-state index contributed by atoms with van der Waals surface area (Å²) >= 11 is 0. The second-order valence-electron chi connectivity index (χ2n) is 7.87. The van der Waals surface area contributed by atoms with Crippen LogP contribution < -0.4 is 20.1 Å². The van der Waals surface area contributed by atoms with Gasteiger partial charge in [0, 0.05) is 31.9 Å². The maximum atomic E-state index is 10.7. The number of rotatable bonds is 5. The molecule has 0 saturated carbocycles. The number of para-hydroxylation sites is 1. The van der Waals surface area contributed by atoms with Gasteiger partial charge in [-0.05, 0) is 36.0 Å². The Bertz CT molecular complexity index is 1040. The van der Waals surface area contributed by atoms with Gasteiger partial charge in [0.05, 0.1) is 0 Å². The standard InChI is InChI=1S/C24H26N4O3.Os/c25-20(14-24(29)28-8-6-27(7-9-28)19-4-2-1-3-5-19)18-12-17-13-22-23(31-11-10-30-22)15-21(17)26-16-18;/h1-5,12-15,20,24,29H,6-11,25H2;/q-2;+2. The fraction of sp³-hybridized carbons (Fsp3) is 0.333. The van der Waals surface area contributed by atoms with Crippen molar-refractivity contribution < 1.29 is 34.4 Å². The van der Waals surface area contributed by atoms with Crippen molar-refractivity contribution in [1.82, 2.24) is 9.88 Å². The maximum absolute atomic E-state index is 10.7. The Morgan fingerprint density at radius 3 is 2.41 bits per heavy atom. The van der Waals surface area contributed by atoms with Crippen molar-refractivity contribution >= 4 is 16.6 Å². The first-order valence-corrected chi connectivity index (χ1v) is 10.6. The van der Waals surface area contributed by atoms with Gasteiger partial charge in [0.2, 0.25) is 0 Å². The van der Waals surface area contributed by atoms with Crippen LogP contribution in [-0.2, 0) is 19.8 Å². The van der Waals surface area contributed by atoms with E-state index in [2.05, 4.69) is 28.2 Å². The van der Waals surface area contributed by atoms with Gasteiger partial charge in [-0.2, -0.15) is 11.6 Å². The van der Waals surface area contributed by atoms with Crippen LogP contribution in [0.15, 0.2) is 48.5 Å². The molecule has 1 fully saturated rings. The Kier molecular flexibility index (Phi) is 7.27. The van der Waals surface area contributed by atoms with E-state index in [4.69, 9.17) is 15.2 Å². The molecule has 2 aliphatic heterocycles. The van der Waals surface area contributed by atoms with Crippen molar-refractivity contribution in [1.29, 1.82) is 0 Å². The molecule has 8 heteroatoms. The van der Waals surface area contributed by atoms with E-state index >= 15 is 0 Å². The monoisotopic (exact) mass is 610 g/mol. The SMILES string of the molecule is NC([CH-]C(O)N1CCN(c2ccccc2)CC1)c1[c-]nc2cc3c(cc2c1)OCCO3.[Os+2]. The number of nitrogens with zero attached hydrogens (tertiary/aromatic N) is 3. The molecule has 3 N–H and O–H groups in total. The molecule has 32 heavy (non-hydrogen) atoms. The molecule has 0 aliphatic carbocycles. The maximum Gasteiger partial charge on any atom is 2.00 e. The molecule has 2 aromatic carbocycles. The van der Waals surface area contributed by atoms with Crippen LogP contribution in [0.2, 0.25) is 0 Å². The molecule has 0 amide bonds. The van der Waals surface area contributed by atoms with E-state index in [1.165, 1.54) is 5.69 Å². The second kappa shape index (κ2) is 10.1. The minimum Gasteiger partial charge on any atom is -0.487 e. The van der Waals surface area contributed by atoms with Gasteiger partial charge >= 0.3 is 19.8 Å². The molecule has 5 rings (SSSR count). The molecule has 1 saturated heterocycles. The van der Waals surface area contributed by atoms with E-state index in [0.29, 0.717) is 24.7 Å². The van der Waals surface area contributed by atoms with Crippen molar-refractivity contribution in [3.05, 3.63) is 66.7 Å². The number of piperazine rings is 1. The summed E-state index contributed by atoms with van der Waals surface area (Å²) in [6.45, 7) is 4.33. The van der Waals surface area contributed by atoms with Crippen molar-refractivity contribution in [3.63, 3.8) is 0 Å². The van der Waals surface area contributed by atoms with Gasteiger partial charge < -0.3 is 35.1 Å². The molecule has 0 radical (unpaired) electrons. The van der Waals surface area contributed by atoms with Gasteiger partial charge in [-0.3, -0.25) is 6.42 Å². The molecule has 7 nitrogen and oxygen atoms in total. The average Bonchev–Trinajstić information content (AvgIpc) is 2.83. The number of hydrogen-bond donors (Lipinski definition) is 2. The van der Waals surface area contributed by atoms with E-state index in [-0.39, 0.29) is 19.8 Å². The summed E-state index contributed by atoms with van der Waals surface area (Å²) in [6.07, 6.45) is 4.04. The van der Waals surface area contributed by atoms with E-state index in [9.17, 15) is 5.11 Å². The van der Waals surface area contributed by atoms with Crippen LogP contribution in [0.4, 0.5) is 5.69 Å². The number of ether oxygens (including phenoxy) is 2. The van der Waals surface area contributed by atoms with Gasteiger partial charge in [-0.1, -0.05) is 24.4 Å². The summed E-state index contributed by atoms with van der Waals surface area (Å²) in [6, 6.07) is 15.6. The largest absolute Gasteiger partial charge is 2.00 e. The third kappa shape index (κ3) is 4.89. The number of hydrogen-bond acceptors (Lipinski definition) is 7. The quantitative estimate of drug-likeness (QED) is 0.430. The minimum absolute atomic E-state index is 0. The molecular weight excluding hydrogens is 583 g/mol. The van der Waals surface area contributed by atoms with Crippen molar-refractivity contribution in [2.45, 2.75) is 12.3 Å². The second-order valence-corrected chi connectivity index (χ2v) is 7.87. The third-order valence-electron chi connectivity index (χ3n) is 5.86. The van der Waals surface area contributed by atoms with E-state index in [1.807, 2.05) is 41.3 Å². The van der Waals surface area contributed by atoms with Gasteiger partial charge in [0.1, 0.15) is 13.2 Å². The topological polar surface area (TPSA) is 84.1 Å². The molecule has 1 aromatic heterocycles. The number of pyridine rings is 1. The first-order chi connectivity index (χ1) is 15.2. The van der Waals surface area contributed by atoms with Crippen molar-refractivity contribution in [3.8, 4) is 11.5 Å². The smallest absolute Gasteiger partial charge is 0.487 e. The molecule has 168 valence electrons. The fourth-order valence-corrected chi connectivity index (χ4v) is 4.10. The van der Waals surface area contributed by atoms with Crippen molar-refractivity contribution in [2.75, 3.05) is 44.3 Å². The first-order valence-electron chi connectivity index (χ1n) is 10.6. The predicted octanol–water partition coefficient (Wildman–Crippen LogP) is 2.15. The van der Waals surface area contributed by atoms with Gasteiger partial charge in [-0.25, -0.2) is 0 Å². The zero-order valence-corrected chi connectivity index (χ0v) is 20.2. The van der Waals surface area contributed by atoms with Crippen LogP contribution in [0, 0.1) is 12.6 Å². The van der Waals surface area contributed by atoms with E-state index in [1.54, 1.807) is 6.42 Å². The van der Waals surface area contributed by atoms with Crippen LogP contribution in [-0.4, -0.2) is 60.6 Å². The number of aliphatic hydroxyl groups is 1. The third-order valence-corrected chi connectivity index (χ3v) is 5.86. The summed E-state index contributed by atoms with van der Waals surface area (Å²) in [5.74, 6) is 1.42. The Morgan fingerprint density at radius 2 is 1.69 bits per heavy atom. The normalized spacial score (nSPS) is 18.1. The van der Waals surface area contributed by atoms with Crippen LogP contribution in [0.5, 0.6) is 11.5 Å². The number of fused-ring (bicyclic) bond motifs is 2. The predicted molar refractivity (Wildman–Crippen MR) is 119 cm³/mol. The van der Waals surface area contributed by atoms with Gasteiger partial charge in [0.25, 0.3) is 0 Å². The van der Waals surface area contributed by atoms with Crippen LogP contribution in [0.3, 0.4) is 0 Å². The van der Waals surface area contributed by atoms with E-state index in [0.717, 1.165) is 42.6 Å². The molecule has 2 aliphatic rings. The zero-order chi connectivity index (χ0) is 21.2. The fourth-order valence-electron chi connectivity index (χ4n) is 4.10. The molecule has 0 spiro atoms. The minimum atomic E-state index is -0.725. The molecule has 2 unspecified atom stereocenters. The molecule has 3 heterocycles. The van der Waals surface area contributed by atoms with Crippen LogP contribution >= 0.6 is 0 Å². The Balaban J connectivity index is 0.00000245. The summed E-state index contributed by atoms with van der Waals surface area (Å²) in [5, 5.41) is 11.6. The number of anilines is 1. The summed E-state index contributed by atoms with van der Waals surface area (Å²) in [4.78, 5) is 8.78. The Hall–Kier alpha value is -2.23. The van der Waals surface area contributed by atoms with Crippen LogP contribution in [0.25, 0.3) is 10.9 Å². The molecule has 3 aromatic rings. The molecular formula is C24H26N4O3Os. The number of aromatic nitrogens is 1. The van der Waals surface area contributed by atoms with Crippen LogP contribution in [0.1, 0.15) is 11.6 Å². The number of nitrogens with two attached hydrogens (primary N) is 1. The van der Waals surface area contributed by atoms with Gasteiger partial charge in [0.15, 0.2) is 11.5 Å². The summed E-state index contributed by atoms with van der Waals surface area (Å²) in [5.41, 5.74) is 9.09. The van der Waals surface area contributed by atoms with E-state index < -0.39 is 12.3 Å². The first kappa shape index (κ1) is 22.9. The number of benzene rings is 2. The summed E-state index contributed by atoms with van der Waals surface area (Å²) < 4.78 is 11.3. The molecule has 0 bridgehead atoms. The molecule has 2 atom stereocenters. The van der Waals surface area contributed by atoms with Crippen molar-refractivity contribution in [2.24, 2.45) is 5.73 Å². The zero-order valence-electron chi connectivity index (χ0n) is 17.6. The Morgan fingerprint density at radius 1 is 1.00 bits per heavy atom. The summed E-state index contributed by atoms with van der Waals surface area (Å²) in [7, 11) is 0.